The average molecular weight is 274 g/mol. The molecule has 1 fully saturated rings. The van der Waals surface area contributed by atoms with E-state index in [9.17, 15) is 4.79 Å². The van der Waals surface area contributed by atoms with Crippen molar-refractivity contribution >= 4 is 5.91 Å². The summed E-state index contributed by atoms with van der Waals surface area (Å²) >= 11 is 0. The molecule has 1 aromatic carbocycles. The van der Waals surface area contributed by atoms with Gasteiger partial charge in [0.1, 0.15) is 0 Å². The minimum absolute atomic E-state index is 0.141. The maximum Gasteiger partial charge on any atom is 0.221 e. The van der Waals surface area contributed by atoms with Crippen molar-refractivity contribution in [2.24, 2.45) is 0 Å². The number of aryl methyl sites for hydroxylation is 1. The Morgan fingerprint density at radius 1 is 1.25 bits per heavy atom. The van der Waals surface area contributed by atoms with Crippen LogP contribution in [0.4, 0.5) is 0 Å². The van der Waals surface area contributed by atoms with Crippen molar-refractivity contribution in [3.63, 3.8) is 0 Å². The van der Waals surface area contributed by atoms with Gasteiger partial charge in [0, 0.05) is 25.0 Å². The van der Waals surface area contributed by atoms with E-state index in [0.29, 0.717) is 18.4 Å². The van der Waals surface area contributed by atoms with E-state index in [1.807, 2.05) is 13.8 Å². The lowest BCUT2D eigenvalue weighted by Gasteiger charge is -2.36. The molecule has 0 saturated heterocycles. The second-order valence-electron chi connectivity index (χ2n) is 6.20. The van der Waals surface area contributed by atoms with E-state index < -0.39 is 0 Å². The summed E-state index contributed by atoms with van der Waals surface area (Å²) < 4.78 is 0. The highest BCUT2D eigenvalue weighted by molar-refractivity contribution is 5.76. The molecule has 2 N–H and O–H groups in total. The highest BCUT2D eigenvalue weighted by Crippen LogP contribution is 2.36. The van der Waals surface area contributed by atoms with Crippen molar-refractivity contribution in [1.82, 2.24) is 10.6 Å². The van der Waals surface area contributed by atoms with Crippen molar-refractivity contribution in [2.45, 2.75) is 58.0 Å². The smallest absolute Gasteiger partial charge is 0.221 e. The minimum atomic E-state index is 0.141. The molecule has 110 valence electrons. The summed E-state index contributed by atoms with van der Waals surface area (Å²) in [5.41, 5.74) is 2.77. The first-order valence-corrected chi connectivity index (χ1v) is 7.64. The van der Waals surface area contributed by atoms with E-state index in [1.54, 1.807) is 0 Å². The largest absolute Gasteiger partial charge is 0.354 e. The Kier molecular flexibility index (Phi) is 5.18. The fraction of sp³-hybridized carbons (Fsp3) is 0.588. The van der Waals surface area contributed by atoms with Crippen LogP contribution in [0.5, 0.6) is 0 Å². The van der Waals surface area contributed by atoms with Crippen LogP contribution >= 0.6 is 0 Å². The molecule has 0 unspecified atom stereocenters. The molecule has 0 aliphatic heterocycles. The summed E-state index contributed by atoms with van der Waals surface area (Å²) in [4.78, 5) is 11.5. The Labute approximate surface area is 122 Å². The van der Waals surface area contributed by atoms with E-state index in [2.05, 4.69) is 41.8 Å². The zero-order chi connectivity index (χ0) is 14.5. The lowest BCUT2D eigenvalue weighted by Crippen LogP contribution is -2.42. The first-order chi connectivity index (χ1) is 9.54. The molecule has 1 aromatic rings. The normalized spacial score (nSPS) is 21.6. The van der Waals surface area contributed by atoms with Crippen LogP contribution in [-0.4, -0.2) is 24.5 Å². The van der Waals surface area contributed by atoms with Gasteiger partial charge in [0.05, 0.1) is 0 Å². The quantitative estimate of drug-likeness (QED) is 0.837. The van der Waals surface area contributed by atoms with Gasteiger partial charge in [-0.2, -0.15) is 0 Å². The predicted molar refractivity (Wildman–Crippen MR) is 82.8 cm³/mol. The van der Waals surface area contributed by atoms with Gasteiger partial charge in [-0.05, 0) is 45.1 Å². The van der Waals surface area contributed by atoms with Crippen LogP contribution in [0.25, 0.3) is 0 Å². The van der Waals surface area contributed by atoms with Crippen molar-refractivity contribution in [3.05, 3.63) is 35.4 Å². The van der Waals surface area contributed by atoms with Gasteiger partial charge in [-0.3, -0.25) is 4.79 Å². The molecule has 20 heavy (non-hydrogen) atoms. The van der Waals surface area contributed by atoms with Crippen LogP contribution in [0.1, 0.15) is 50.2 Å². The molecule has 0 spiro atoms. The van der Waals surface area contributed by atoms with Crippen molar-refractivity contribution in [3.8, 4) is 0 Å². The standard InChI is InChI=1S/C17H26N2O/c1-12(2)19-17(20)8-9-18-16-10-15(11-16)14-6-4-13(3)5-7-14/h4-7,12,15-16,18H,8-11H2,1-3H3,(H,19,20). The summed E-state index contributed by atoms with van der Waals surface area (Å²) in [5.74, 6) is 0.833. The first kappa shape index (κ1) is 15.0. The third-order valence-corrected chi connectivity index (χ3v) is 3.92. The molecule has 0 radical (unpaired) electrons. The molecule has 0 aromatic heterocycles. The van der Waals surface area contributed by atoms with Gasteiger partial charge in [0.15, 0.2) is 0 Å². The van der Waals surface area contributed by atoms with E-state index >= 15 is 0 Å². The fourth-order valence-electron chi connectivity index (χ4n) is 2.68. The van der Waals surface area contributed by atoms with E-state index in [-0.39, 0.29) is 11.9 Å². The molecule has 3 heteroatoms. The summed E-state index contributed by atoms with van der Waals surface area (Å²) in [6.07, 6.45) is 2.95. The number of hydrogen-bond donors (Lipinski definition) is 2. The third kappa shape index (κ3) is 4.34. The molecular formula is C17H26N2O. The van der Waals surface area contributed by atoms with E-state index in [0.717, 1.165) is 6.54 Å². The predicted octanol–water partition coefficient (Wildman–Crippen LogP) is 2.75. The number of amides is 1. The van der Waals surface area contributed by atoms with Crippen molar-refractivity contribution < 1.29 is 4.79 Å². The van der Waals surface area contributed by atoms with E-state index in [4.69, 9.17) is 0 Å². The SMILES string of the molecule is Cc1ccc(C2CC(NCCC(=O)NC(C)C)C2)cc1. The molecule has 1 aliphatic carbocycles. The highest BCUT2D eigenvalue weighted by Gasteiger charge is 2.29. The zero-order valence-corrected chi connectivity index (χ0v) is 12.8. The van der Waals surface area contributed by atoms with Gasteiger partial charge in [0.25, 0.3) is 0 Å². The Hall–Kier alpha value is -1.35. The highest BCUT2D eigenvalue weighted by atomic mass is 16.1. The monoisotopic (exact) mass is 274 g/mol. The van der Waals surface area contributed by atoms with Crippen LogP contribution < -0.4 is 10.6 Å². The number of hydrogen-bond acceptors (Lipinski definition) is 2. The van der Waals surface area contributed by atoms with Crippen LogP contribution in [0.3, 0.4) is 0 Å². The topological polar surface area (TPSA) is 41.1 Å². The summed E-state index contributed by atoms with van der Waals surface area (Å²) in [5, 5.41) is 6.39. The lowest BCUT2D eigenvalue weighted by molar-refractivity contribution is -0.121. The zero-order valence-electron chi connectivity index (χ0n) is 12.8. The molecule has 1 saturated carbocycles. The van der Waals surface area contributed by atoms with Crippen molar-refractivity contribution in [1.29, 1.82) is 0 Å². The number of benzene rings is 1. The molecule has 0 atom stereocenters. The Bertz CT molecular complexity index is 433. The molecular weight excluding hydrogens is 248 g/mol. The lowest BCUT2D eigenvalue weighted by atomic mass is 9.76. The number of rotatable bonds is 6. The molecule has 2 rings (SSSR count). The first-order valence-electron chi connectivity index (χ1n) is 7.64. The second kappa shape index (κ2) is 6.89. The third-order valence-electron chi connectivity index (χ3n) is 3.92. The molecule has 0 bridgehead atoms. The average Bonchev–Trinajstić information content (AvgIpc) is 2.33. The Balaban J connectivity index is 1.62. The fourth-order valence-corrected chi connectivity index (χ4v) is 2.68. The number of carbonyl (C=O) groups is 1. The van der Waals surface area contributed by atoms with Crippen LogP contribution in [0.15, 0.2) is 24.3 Å². The van der Waals surface area contributed by atoms with Gasteiger partial charge in [-0.25, -0.2) is 0 Å². The molecule has 1 amide bonds. The Morgan fingerprint density at radius 3 is 2.50 bits per heavy atom. The second-order valence-corrected chi connectivity index (χ2v) is 6.20. The van der Waals surface area contributed by atoms with Gasteiger partial charge in [0.2, 0.25) is 5.91 Å². The minimum Gasteiger partial charge on any atom is -0.354 e. The number of carbonyl (C=O) groups excluding carboxylic acids is 1. The maximum absolute atomic E-state index is 11.5. The summed E-state index contributed by atoms with van der Waals surface area (Å²) in [6.45, 7) is 6.88. The van der Waals surface area contributed by atoms with Gasteiger partial charge >= 0.3 is 0 Å². The van der Waals surface area contributed by atoms with E-state index in [1.165, 1.54) is 24.0 Å². The van der Waals surface area contributed by atoms with Crippen LogP contribution in [0, 0.1) is 6.92 Å². The van der Waals surface area contributed by atoms with Gasteiger partial charge in [-0.15, -0.1) is 0 Å². The van der Waals surface area contributed by atoms with Crippen LogP contribution in [0.2, 0.25) is 0 Å². The van der Waals surface area contributed by atoms with Gasteiger partial charge < -0.3 is 10.6 Å². The molecule has 0 heterocycles. The maximum atomic E-state index is 11.5. The van der Waals surface area contributed by atoms with Crippen LogP contribution in [-0.2, 0) is 4.79 Å². The summed E-state index contributed by atoms with van der Waals surface area (Å²) in [6, 6.07) is 9.67. The summed E-state index contributed by atoms with van der Waals surface area (Å²) in [7, 11) is 0. The van der Waals surface area contributed by atoms with Crippen molar-refractivity contribution in [2.75, 3.05) is 6.54 Å². The van der Waals surface area contributed by atoms with Gasteiger partial charge in [-0.1, -0.05) is 29.8 Å². The number of nitrogens with one attached hydrogen (secondary N) is 2. The molecule has 3 nitrogen and oxygen atoms in total. The molecule has 1 aliphatic rings. The Morgan fingerprint density at radius 2 is 1.90 bits per heavy atom.